The molecule has 40 heavy (non-hydrogen) atoms. The van der Waals surface area contributed by atoms with Crippen molar-refractivity contribution >= 4 is 16.1 Å². The summed E-state index contributed by atoms with van der Waals surface area (Å²) in [5.41, 5.74) is 0.468. The van der Waals surface area contributed by atoms with Crippen LogP contribution in [0, 0.1) is 46.3 Å². The van der Waals surface area contributed by atoms with Gasteiger partial charge >= 0.3 is 6.09 Å². The van der Waals surface area contributed by atoms with Gasteiger partial charge in [-0.3, -0.25) is 0 Å². The average Bonchev–Trinajstić information content (AvgIpc) is 3.26. The van der Waals surface area contributed by atoms with Crippen molar-refractivity contribution in [3.05, 3.63) is 0 Å². The maximum absolute atomic E-state index is 12.5. The first-order valence-electron chi connectivity index (χ1n) is 16.6. The highest BCUT2D eigenvalue weighted by atomic mass is 32.2. The lowest BCUT2D eigenvalue weighted by Gasteiger charge is -2.64. The van der Waals surface area contributed by atoms with E-state index < -0.39 is 21.4 Å². The minimum atomic E-state index is -3.65. The summed E-state index contributed by atoms with van der Waals surface area (Å²) in [7, 11) is -3.65. The van der Waals surface area contributed by atoms with E-state index in [2.05, 4.69) is 25.5 Å². The molecule has 5 rings (SSSR count). The van der Waals surface area contributed by atoms with E-state index in [9.17, 15) is 23.4 Å². The second kappa shape index (κ2) is 12.0. The van der Waals surface area contributed by atoms with Crippen LogP contribution in [0.15, 0.2) is 0 Å². The minimum absolute atomic E-state index is 0.211. The third-order valence-electron chi connectivity index (χ3n) is 13.0. The van der Waals surface area contributed by atoms with Crippen LogP contribution in [-0.4, -0.2) is 48.8 Å². The van der Waals surface area contributed by atoms with Crippen LogP contribution < -0.4 is 4.72 Å². The molecule has 5 fully saturated rings. The van der Waals surface area contributed by atoms with E-state index >= 15 is 0 Å². The fourth-order valence-corrected chi connectivity index (χ4v) is 12.2. The molecule has 8 heteroatoms. The van der Waals surface area contributed by atoms with Crippen molar-refractivity contribution in [3.8, 4) is 0 Å². The zero-order chi connectivity index (χ0) is 28.7. The highest BCUT2D eigenvalue weighted by molar-refractivity contribution is 7.90. The lowest BCUT2D eigenvalue weighted by atomic mass is 9.41. The number of aliphatic hydroxyl groups excluding tert-OH is 2. The van der Waals surface area contributed by atoms with Gasteiger partial charge in [0.25, 0.3) is 0 Å². The fourth-order valence-electron chi connectivity index (χ4n) is 10.8. The van der Waals surface area contributed by atoms with E-state index in [1.807, 2.05) is 0 Å². The number of hydrogen-bond acceptors (Lipinski definition) is 6. The minimum Gasteiger partial charge on any atom is -0.449 e. The van der Waals surface area contributed by atoms with Gasteiger partial charge in [-0.15, -0.1) is 0 Å². The van der Waals surface area contributed by atoms with Crippen molar-refractivity contribution in [2.75, 3.05) is 6.61 Å². The average molecular weight is 582 g/mol. The normalized spacial score (nSPS) is 43.8. The van der Waals surface area contributed by atoms with Crippen molar-refractivity contribution in [3.63, 3.8) is 0 Å². The SMILES string of the molecule is CC[C@H]1[C@@H](O)[C@@H]2[C@H](CC[C@]3(C)[C@@H](CCCCOC(=O)NS(=O)(=O)C4CCCCC4)CC[C@@H]23)[C@@]2(C)CC[C@@H](O)C[C@@H]12. The van der Waals surface area contributed by atoms with Crippen LogP contribution in [0.1, 0.15) is 124 Å². The molecule has 0 aromatic heterocycles. The second-order valence-electron chi connectivity index (χ2n) is 14.8. The number of carbonyl (C=O) groups is 1. The van der Waals surface area contributed by atoms with Gasteiger partial charge in [0, 0.05) is 0 Å². The number of ether oxygens (including phenoxy) is 1. The summed E-state index contributed by atoms with van der Waals surface area (Å²) < 4.78 is 32.3. The Morgan fingerprint density at radius 1 is 0.900 bits per heavy atom. The number of amides is 1. The van der Waals surface area contributed by atoms with Crippen molar-refractivity contribution in [2.45, 2.75) is 141 Å². The molecule has 0 aromatic rings. The molecule has 5 saturated carbocycles. The van der Waals surface area contributed by atoms with Crippen LogP contribution in [0.2, 0.25) is 0 Å². The van der Waals surface area contributed by atoms with Crippen LogP contribution in [0.5, 0.6) is 0 Å². The Hall–Kier alpha value is -0.860. The molecule has 0 spiro atoms. The van der Waals surface area contributed by atoms with Gasteiger partial charge in [0.05, 0.1) is 24.1 Å². The summed E-state index contributed by atoms with van der Waals surface area (Å²) in [6, 6.07) is 0. The smallest absolute Gasteiger partial charge is 0.420 e. The molecule has 1 amide bonds. The molecule has 0 saturated heterocycles. The lowest BCUT2D eigenvalue weighted by molar-refractivity contribution is -0.202. The number of hydrogen-bond donors (Lipinski definition) is 3. The lowest BCUT2D eigenvalue weighted by Crippen LogP contribution is -2.62. The zero-order valence-corrected chi connectivity index (χ0v) is 26.0. The number of sulfonamides is 1. The fraction of sp³-hybridized carbons (Fsp3) is 0.969. The zero-order valence-electron chi connectivity index (χ0n) is 25.2. The highest BCUT2D eigenvalue weighted by Crippen LogP contribution is 2.69. The molecule has 10 atom stereocenters. The van der Waals surface area contributed by atoms with E-state index in [0.717, 1.165) is 64.2 Å². The van der Waals surface area contributed by atoms with E-state index in [4.69, 9.17) is 4.74 Å². The van der Waals surface area contributed by atoms with Gasteiger partial charge in [-0.25, -0.2) is 17.9 Å². The standard InChI is InChI=1S/C32H55NO6S/c1-4-24-27-20-22(34)15-17-32(27,3)26-16-18-31(2)21(13-14-25(31)28(26)29(24)35)10-8-9-19-39-30(36)33-40(37,38)23-11-6-5-7-12-23/h21-29,34-35H,4-20H2,1-3H3,(H,33,36)/t21-,22+,24+,25-,26-,27-,28-,29+,31+,32+/m0/s1. The van der Waals surface area contributed by atoms with Crippen LogP contribution in [0.4, 0.5) is 4.79 Å². The van der Waals surface area contributed by atoms with Crippen molar-refractivity contribution in [2.24, 2.45) is 46.3 Å². The van der Waals surface area contributed by atoms with Gasteiger partial charge in [-0.1, -0.05) is 46.5 Å². The molecule has 0 radical (unpaired) electrons. The Morgan fingerprint density at radius 2 is 1.60 bits per heavy atom. The quantitative estimate of drug-likeness (QED) is 0.296. The van der Waals surface area contributed by atoms with Crippen molar-refractivity contribution in [1.82, 2.24) is 4.72 Å². The number of unbranched alkanes of at least 4 members (excludes halogenated alkanes) is 1. The first-order valence-corrected chi connectivity index (χ1v) is 18.1. The van der Waals surface area contributed by atoms with Gasteiger partial charge in [0.2, 0.25) is 10.0 Å². The molecular formula is C32H55NO6S. The van der Waals surface area contributed by atoms with Gasteiger partial charge in [-0.2, -0.15) is 0 Å². The van der Waals surface area contributed by atoms with E-state index in [1.165, 1.54) is 25.7 Å². The van der Waals surface area contributed by atoms with Crippen LogP contribution >= 0.6 is 0 Å². The molecule has 5 aliphatic carbocycles. The third-order valence-corrected chi connectivity index (χ3v) is 14.8. The predicted molar refractivity (Wildman–Crippen MR) is 156 cm³/mol. The molecule has 0 heterocycles. The summed E-state index contributed by atoms with van der Waals surface area (Å²) in [5, 5.41) is 21.9. The summed E-state index contributed by atoms with van der Waals surface area (Å²) >= 11 is 0. The van der Waals surface area contributed by atoms with E-state index in [1.54, 1.807) is 0 Å². The number of carbonyl (C=O) groups excluding carboxylic acids is 1. The summed E-state index contributed by atoms with van der Waals surface area (Å²) in [6.45, 7) is 7.44. The molecular weight excluding hydrogens is 526 g/mol. The molecule has 3 N–H and O–H groups in total. The predicted octanol–water partition coefficient (Wildman–Crippen LogP) is 6.17. The van der Waals surface area contributed by atoms with Gasteiger partial charge in [0.1, 0.15) is 0 Å². The van der Waals surface area contributed by atoms with E-state index in [-0.39, 0.29) is 35.6 Å². The number of nitrogens with one attached hydrogen (secondary N) is 1. The Balaban J connectivity index is 1.13. The van der Waals surface area contributed by atoms with Crippen LogP contribution in [0.3, 0.4) is 0 Å². The van der Waals surface area contributed by atoms with Gasteiger partial charge in [-0.05, 0) is 123 Å². The molecule has 5 aliphatic rings. The summed E-state index contributed by atoms with van der Waals surface area (Å²) in [5.74, 6) is 2.79. The van der Waals surface area contributed by atoms with Crippen molar-refractivity contribution < 1.29 is 28.2 Å². The number of aliphatic hydroxyl groups is 2. The molecule has 0 aromatic carbocycles. The number of fused-ring (bicyclic) bond motifs is 5. The molecule has 7 nitrogen and oxygen atoms in total. The summed E-state index contributed by atoms with van der Waals surface area (Å²) in [6.07, 6.45) is 14.2. The monoisotopic (exact) mass is 581 g/mol. The summed E-state index contributed by atoms with van der Waals surface area (Å²) in [4.78, 5) is 12.2. The first-order chi connectivity index (χ1) is 19.0. The Bertz CT molecular complexity index is 997. The van der Waals surface area contributed by atoms with Crippen molar-refractivity contribution in [1.29, 1.82) is 0 Å². The topological polar surface area (TPSA) is 113 Å². The molecule has 0 aliphatic heterocycles. The van der Waals surface area contributed by atoms with Gasteiger partial charge < -0.3 is 14.9 Å². The first kappa shape index (κ1) is 30.6. The van der Waals surface area contributed by atoms with Gasteiger partial charge in [0.15, 0.2) is 0 Å². The van der Waals surface area contributed by atoms with E-state index in [0.29, 0.717) is 42.4 Å². The maximum Gasteiger partial charge on any atom is 0.420 e. The molecule has 230 valence electrons. The Morgan fingerprint density at radius 3 is 2.33 bits per heavy atom. The largest absolute Gasteiger partial charge is 0.449 e. The third kappa shape index (κ3) is 5.59. The molecule has 0 unspecified atom stereocenters. The Kier molecular flexibility index (Phi) is 9.20. The maximum atomic E-state index is 12.5. The highest BCUT2D eigenvalue weighted by Gasteiger charge is 2.64. The van der Waals surface area contributed by atoms with Crippen LogP contribution in [-0.2, 0) is 14.8 Å². The Labute approximate surface area is 242 Å². The second-order valence-corrected chi connectivity index (χ2v) is 16.7. The number of rotatable bonds is 8. The molecule has 0 bridgehead atoms. The van der Waals surface area contributed by atoms with Crippen LogP contribution in [0.25, 0.3) is 0 Å².